The van der Waals surface area contributed by atoms with Crippen molar-refractivity contribution in [1.82, 2.24) is 0 Å². The predicted molar refractivity (Wildman–Crippen MR) is 63.6 cm³/mol. The average Bonchev–Trinajstić information content (AvgIpc) is 2.08. The summed E-state index contributed by atoms with van der Waals surface area (Å²) in [5, 5.41) is 0.733. The fourth-order valence-electron chi connectivity index (χ4n) is 1.02. The number of benzene rings is 1. The Labute approximate surface area is 98.2 Å². The van der Waals surface area contributed by atoms with Gasteiger partial charge in [0.15, 0.2) is 0 Å². The molecule has 0 amide bonds. The largest absolute Gasteiger partial charge is 0.324 e. The third-order valence-electron chi connectivity index (χ3n) is 1.80. The summed E-state index contributed by atoms with van der Waals surface area (Å²) in [5.74, 6) is 0. The molecule has 0 heterocycles. The van der Waals surface area contributed by atoms with E-state index in [9.17, 15) is 0 Å². The number of hydrogen-bond acceptors (Lipinski definition) is 1. The van der Waals surface area contributed by atoms with Crippen LogP contribution in [0.25, 0.3) is 0 Å². The van der Waals surface area contributed by atoms with E-state index >= 15 is 0 Å². The van der Waals surface area contributed by atoms with Gasteiger partial charge in [-0.2, -0.15) is 0 Å². The highest BCUT2D eigenvalue weighted by atomic mass is 79.9. The summed E-state index contributed by atoms with van der Waals surface area (Å²) in [7, 11) is 0. The van der Waals surface area contributed by atoms with E-state index in [2.05, 4.69) is 22.9 Å². The molecule has 0 radical (unpaired) electrons. The Kier molecular flexibility index (Phi) is 5.97. The summed E-state index contributed by atoms with van der Waals surface area (Å²) < 4.78 is 1.03. The van der Waals surface area contributed by atoms with Crippen LogP contribution >= 0.6 is 39.9 Å². The van der Waals surface area contributed by atoms with Crippen LogP contribution in [0.1, 0.15) is 24.9 Å². The third-order valence-corrected chi connectivity index (χ3v) is 2.75. The van der Waals surface area contributed by atoms with Gasteiger partial charge in [-0.05, 0) is 30.2 Å². The normalized spacial score (nSPS) is 12.0. The van der Waals surface area contributed by atoms with E-state index in [1.54, 1.807) is 0 Å². The molecule has 1 aromatic carbocycles. The zero-order valence-electron chi connectivity index (χ0n) is 7.26. The minimum atomic E-state index is 0. The van der Waals surface area contributed by atoms with E-state index in [1.165, 1.54) is 0 Å². The molecule has 0 unspecified atom stereocenters. The van der Waals surface area contributed by atoms with Crippen molar-refractivity contribution in [2.75, 3.05) is 0 Å². The predicted octanol–water partition coefficient (Wildman–Crippen LogP) is 3.93. The van der Waals surface area contributed by atoms with E-state index in [0.29, 0.717) is 0 Å². The van der Waals surface area contributed by atoms with Crippen LogP contribution in [0.5, 0.6) is 0 Å². The van der Waals surface area contributed by atoms with Crippen LogP contribution < -0.4 is 5.73 Å². The number of hydrogen-bond donors (Lipinski definition) is 1. The van der Waals surface area contributed by atoms with Crippen molar-refractivity contribution in [2.24, 2.45) is 5.73 Å². The quantitative estimate of drug-likeness (QED) is 0.875. The maximum Gasteiger partial charge on any atom is 0.0410 e. The van der Waals surface area contributed by atoms with Gasteiger partial charge in [0.25, 0.3) is 0 Å². The second-order valence-electron chi connectivity index (χ2n) is 2.68. The molecule has 0 saturated heterocycles. The molecule has 1 aromatic rings. The molecule has 0 spiro atoms. The lowest BCUT2D eigenvalue weighted by atomic mass is 10.1. The van der Waals surface area contributed by atoms with E-state index in [-0.39, 0.29) is 18.4 Å². The SMILES string of the molecule is CC[C@@H](N)c1cc(Cl)ccc1Br.Cl. The molecule has 0 aliphatic carbocycles. The van der Waals surface area contributed by atoms with Gasteiger partial charge in [0.1, 0.15) is 0 Å². The Morgan fingerprint density at radius 2 is 2.15 bits per heavy atom. The molecule has 13 heavy (non-hydrogen) atoms. The summed E-state index contributed by atoms with van der Waals surface area (Å²) in [6, 6.07) is 5.74. The van der Waals surface area contributed by atoms with E-state index in [4.69, 9.17) is 17.3 Å². The fraction of sp³-hybridized carbons (Fsp3) is 0.333. The number of nitrogens with two attached hydrogens (primary N) is 1. The Bertz CT molecular complexity index is 278. The van der Waals surface area contributed by atoms with Gasteiger partial charge in [-0.1, -0.05) is 34.5 Å². The first-order valence-corrected chi connectivity index (χ1v) is 5.02. The molecule has 1 nitrogen and oxygen atoms in total. The van der Waals surface area contributed by atoms with E-state index in [0.717, 1.165) is 21.5 Å². The van der Waals surface area contributed by atoms with Crippen molar-refractivity contribution in [3.63, 3.8) is 0 Å². The van der Waals surface area contributed by atoms with Gasteiger partial charge in [0.05, 0.1) is 0 Å². The summed E-state index contributed by atoms with van der Waals surface area (Å²) >= 11 is 9.27. The lowest BCUT2D eigenvalue weighted by Gasteiger charge is -2.11. The smallest absolute Gasteiger partial charge is 0.0410 e. The number of rotatable bonds is 2. The van der Waals surface area contributed by atoms with Crippen LogP contribution in [-0.2, 0) is 0 Å². The molecule has 0 aliphatic rings. The van der Waals surface area contributed by atoms with Crippen molar-refractivity contribution in [1.29, 1.82) is 0 Å². The first kappa shape index (κ1) is 13.2. The molecule has 1 atom stereocenters. The first-order chi connectivity index (χ1) is 5.65. The van der Waals surface area contributed by atoms with Gasteiger partial charge in [0, 0.05) is 15.5 Å². The molecule has 1 rings (SSSR count). The molecule has 0 aliphatic heterocycles. The van der Waals surface area contributed by atoms with Crippen molar-refractivity contribution in [3.8, 4) is 0 Å². The third kappa shape index (κ3) is 3.47. The molecule has 0 saturated carbocycles. The lowest BCUT2D eigenvalue weighted by molar-refractivity contribution is 0.695. The lowest BCUT2D eigenvalue weighted by Crippen LogP contribution is -2.09. The molecule has 74 valence electrons. The van der Waals surface area contributed by atoms with Crippen LogP contribution in [0.3, 0.4) is 0 Å². The van der Waals surface area contributed by atoms with Gasteiger partial charge >= 0.3 is 0 Å². The molecular weight excluding hydrogens is 273 g/mol. The maximum atomic E-state index is 5.88. The van der Waals surface area contributed by atoms with Crippen LogP contribution in [0.4, 0.5) is 0 Å². The highest BCUT2D eigenvalue weighted by Crippen LogP contribution is 2.26. The van der Waals surface area contributed by atoms with Crippen LogP contribution in [0.2, 0.25) is 5.02 Å². The second kappa shape index (κ2) is 5.86. The van der Waals surface area contributed by atoms with Crippen LogP contribution in [0.15, 0.2) is 22.7 Å². The Morgan fingerprint density at radius 3 is 2.69 bits per heavy atom. The highest BCUT2D eigenvalue weighted by Gasteiger charge is 2.07. The van der Waals surface area contributed by atoms with Crippen LogP contribution in [-0.4, -0.2) is 0 Å². The molecule has 0 fully saturated rings. The zero-order chi connectivity index (χ0) is 9.14. The maximum absolute atomic E-state index is 5.88. The summed E-state index contributed by atoms with van der Waals surface area (Å²) in [6.07, 6.45) is 0.916. The van der Waals surface area contributed by atoms with Gasteiger partial charge in [-0.25, -0.2) is 0 Å². The fourth-order valence-corrected chi connectivity index (χ4v) is 1.74. The molecule has 0 bridgehead atoms. The summed E-state index contributed by atoms with van der Waals surface area (Å²) in [6.45, 7) is 2.05. The van der Waals surface area contributed by atoms with Crippen molar-refractivity contribution in [3.05, 3.63) is 33.3 Å². The van der Waals surface area contributed by atoms with E-state index in [1.807, 2.05) is 18.2 Å². The number of halogens is 3. The molecule has 2 N–H and O–H groups in total. The Hall–Kier alpha value is 0.240. The van der Waals surface area contributed by atoms with Crippen molar-refractivity contribution >= 4 is 39.9 Å². The van der Waals surface area contributed by atoms with Gasteiger partial charge in [0.2, 0.25) is 0 Å². The molecule has 0 aromatic heterocycles. The van der Waals surface area contributed by atoms with Crippen LogP contribution in [0, 0.1) is 0 Å². The standard InChI is InChI=1S/C9H11BrClN.ClH/c1-2-9(12)7-5-6(11)3-4-8(7)10;/h3-5,9H,2,12H2,1H3;1H/t9-;/m1./s1. The summed E-state index contributed by atoms with van der Waals surface area (Å²) in [5.41, 5.74) is 6.95. The highest BCUT2D eigenvalue weighted by molar-refractivity contribution is 9.10. The zero-order valence-corrected chi connectivity index (χ0v) is 10.4. The molecular formula is C9H12BrCl2N. The Morgan fingerprint density at radius 1 is 1.54 bits per heavy atom. The van der Waals surface area contributed by atoms with Crippen molar-refractivity contribution in [2.45, 2.75) is 19.4 Å². The van der Waals surface area contributed by atoms with Gasteiger partial charge in [-0.15, -0.1) is 12.4 Å². The minimum Gasteiger partial charge on any atom is -0.324 e. The summed E-state index contributed by atoms with van der Waals surface area (Å²) in [4.78, 5) is 0. The van der Waals surface area contributed by atoms with E-state index < -0.39 is 0 Å². The molecule has 4 heteroatoms. The average molecular weight is 285 g/mol. The minimum absolute atomic E-state index is 0. The van der Waals surface area contributed by atoms with Gasteiger partial charge in [-0.3, -0.25) is 0 Å². The monoisotopic (exact) mass is 283 g/mol. The van der Waals surface area contributed by atoms with Gasteiger partial charge < -0.3 is 5.73 Å². The topological polar surface area (TPSA) is 26.0 Å². The second-order valence-corrected chi connectivity index (χ2v) is 3.97. The first-order valence-electron chi connectivity index (χ1n) is 3.85. The Balaban J connectivity index is 0.00000144. The van der Waals surface area contributed by atoms with Crippen molar-refractivity contribution < 1.29 is 0 Å².